The highest BCUT2D eigenvalue weighted by molar-refractivity contribution is 5.76. The van der Waals surface area contributed by atoms with E-state index in [4.69, 9.17) is 9.47 Å². The van der Waals surface area contributed by atoms with Gasteiger partial charge in [0.25, 0.3) is 5.56 Å². The highest BCUT2D eigenvalue weighted by Crippen LogP contribution is 2.33. The van der Waals surface area contributed by atoms with E-state index in [2.05, 4.69) is 20.5 Å². The zero-order valence-electron chi connectivity index (χ0n) is 19.5. The quantitative estimate of drug-likeness (QED) is 0.474. The van der Waals surface area contributed by atoms with Crippen LogP contribution in [0.3, 0.4) is 0 Å². The van der Waals surface area contributed by atoms with Crippen molar-refractivity contribution in [3.8, 4) is 22.9 Å². The number of rotatable bonds is 10. The number of benzene rings is 2. The molecule has 1 aromatic heterocycles. The molecule has 1 saturated carbocycles. The van der Waals surface area contributed by atoms with Crippen molar-refractivity contribution in [1.29, 1.82) is 0 Å². The molecule has 0 spiro atoms. The van der Waals surface area contributed by atoms with Crippen molar-refractivity contribution < 1.29 is 14.3 Å². The molecule has 34 heavy (non-hydrogen) atoms. The molecule has 1 aliphatic carbocycles. The molecule has 8 nitrogen and oxygen atoms in total. The molecule has 0 radical (unpaired) electrons. The fourth-order valence-electron chi connectivity index (χ4n) is 3.83. The summed E-state index contributed by atoms with van der Waals surface area (Å²) in [5.74, 6) is 2.04. The van der Waals surface area contributed by atoms with E-state index in [1.54, 1.807) is 13.2 Å². The first kappa shape index (κ1) is 23.5. The Bertz CT molecular complexity index is 1170. The number of H-pyrrole nitrogens is 1. The van der Waals surface area contributed by atoms with Gasteiger partial charge in [-0.1, -0.05) is 36.8 Å². The molecule has 4 rings (SSSR count). The van der Waals surface area contributed by atoms with Crippen molar-refractivity contribution >= 4 is 5.91 Å². The number of hydrogen-bond donors (Lipinski definition) is 2. The van der Waals surface area contributed by atoms with Crippen LogP contribution >= 0.6 is 0 Å². The van der Waals surface area contributed by atoms with Gasteiger partial charge in [0.15, 0.2) is 17.3 Å². The van der Waals surface area contributed by atoms with Crippen LogP contribution in [0.15, 0.2) is 53.3 Å². The average molecular weight is 463 g/mol. The number of nitrogens with one attached hydrogen (secondary N) is 2. The molecule has 1 atom stereocenters. The summed E-state index contributed by atoms with van der Waals surface area (Å²) < 4.78 is 11.4. The van der Waals surface area contributed by atoms with Gasteiger partial charge >= 0.3 is 0 Å². The zero-order valence-corrected chi connectivity index (χ0v) is 19.5. The summed E-state index contributed by atoms with van der Waals surface area (Å²) in [7, 11) is 1.58. The van der Waals surface area contributed by atoms with E-state index in [-0.39, 0.29) is 36.0 Å². The highest BCUT2D eigenvalue weighted by Gasteiger charge is 2.19. The van der Waals surface area contributed by atoms with E-state index < -0.39 is 0 Å². The second-order valence-electron chi connectivity index (χ2n) is 8.62. The molecule has 1 unspecified atom stereocenters. The summed E-state index contributed by atoms with van der Waals surface area (Å²) in [6.45, 7) is 2.60. The first-order valence-electron chi connectivity index (χ1n) is 11.6. The summed E-state index contributed by atoms with van der Waals surface area (Å²) >= 11 is 0. The van der Waals surface area contributed by atoms with Crippen LogP contribution < -0.4 is 20.3 Å². The molecule has 1 heterocycles. The van der Waals surface area contributed by atoms with Crippen molar-refractivity contribution in [3.63, 3.8) is 0 Å². The Morgan fingerprint density at radius 2 is 1.94 bits per heavy atom. The lowest BCUT2D eigenvalue weighted by Gasteiger charge is -2.25. The SMILES string of the molecule is COc1cc(-c2nnc(CCC(=O)NC(C)c3ccccc3)c(=O)[nH]2)ccc1OCC1CCC1. The molecule has 2 aromatic carbocycles. The predicted octanol–water partition coefficient (Wildman–Crippen LogP) is 3.83. The minimum atomic E-state index is -0.363. The monoisotopic (exact) mass is 462 g/mol. The number of aryl methyl sites for hydroxylation is 1. The molecular weight excluding hydrogens is 432 g/mol. The maximum atomic E-state index is 12.6. The summed E-state index contributed by atoms with van der Waals surface area (Å²) in [4.78, 5) is 27.6. The van der Waals surface area contributed by atoms with Gasteiger partial charge in [-0.15, -0.1) is 10.2 Å². The summed E-state index contributed by atoms with van der Waals surface area (Å²) in [6.07, 6.45) is 4.03. The Morgan fingerprint density at radius 1 is 1.15 bits per heavy atom. The Balaban J connectivity index is 1.36. The lowest BCUT2D eigenvalue weighted by atomic mass is 9.86. The first-order valence-corrected chi connectivity index (χ1v) is 11.6. The highest BCUT2D eigenvalue weighted by atomic mass is 16.5. The van der Waals surface area contributed by atoms with E-state index in [1.807, 2.05) is 49.4 Å². The number of aromatic nitrogens is 3. The van der Waals surface area contributed by atoms with Crippen LogP contribution in [0.25, 0.3) is 11.4 Å². The number of amides is 1. The van der Waals surface area contributed by atoms with E-state index in [0.717, 1.165) is 5.56 Å². The van der Waals surface area contributed by atoms with Crippen LogP contribution in [-0.4, -0.2) is 34.8 Å². The average Bonchev–Trinajstić information content (AvgIpc) is 2.83. The van der Waals surface area contributed by atoms with Crippen molar-refractivity contribution in [3.05, 3.63) is 70.1 Å². The fraction of sp³-hybridized carbons (Fsp3) is 0.385. The Hall–Kier alpha value is -3.68. The number of methoxy groups -OCH3 is 1. The molecule has 2 N–H and O–H groups in total. The van der Waals surface area contributed by atoms with Crippen molar-refractivity contribution in [2.24, 2.45) is 5.92 Å². The summed E-state index contributed by atoms with van der Waals surface area (Å²) in [5.41, 5.74) is 1.54. The van der Waals surface area contributed by atoms with Crippen LogP contribution in [0.5, 0.6) is 11.5 Å². The number of aromatic amines is 1. The third-order valence-corrected chi connectivity index (χ3v) is 6.17. The Morgan fingerprint density at radius 3 is 2.62 bits per heavy atom. The van der Waals surface area contributed by atoms with Gasteiger partial charge in [-0.05, 0) is 49.4 Å². The van der Waals surface area contributed by atoms with Gasteiger partial charge in [0.2, 0.25) is 5.91 Å². The fourth-order valence-corrected chi connectivity index (χ4v) is 3.83. The van der Waals surface area contributed by atoms with Gasteiger partial charge in [0, 0.05) is 18.4 Å². The number of carbonyl (C=O) groups excluding carboxylic acids is 1. The largest absolute Gasteiger partial charge is 0.493 e. The van der Waals surface area contributed by atoms with Gasteiger partial charge < -0.3 is 19.8 Å². The van der Waals surface area contributed by atoms with Crippen molar-refractivity contribution in [2.75, 3.05) is 13.7 Å². The van der Waals surface area contributed by atoms with E-state index >= 15 is 0 Å². The van der Waals surface area contributed by atoms with E-state index in [1.165, 1.54) is 19.3 Å². The zero-order chi connectivity index (χ0) is 23.9. The molecule has 1 fully saturated rings. The number of nitrogens with zero attached hydrogens (tertiary/aromatic N) is 2. The van der Waals surface area contributed by atoms with Gasteiger partial charge in [0.1, 0.15) is 5.69 Å². The maximum absolute atomic E-state index is 12.6. The van der Waals surface area contributed by atoms with E-state index in [9.17, 15) is 9.59 Å². The normalized spacial score (nSPS) is 14.2. The van der Waals surface area contributed by atoms with Gasteiger partial charge in [-0.3, -0.25) is 9.59 Å². The van der Waals surface area contributed by atoms with Gasteiger partial charge in [0.05, 0.1) is 19.8 Å². The predicted molar refractivity (Wildman–Crippen MR) is 129 cm³/mol. The van der Waals surface area contributed by atoms with Gasteiger partial charge in [-0.2, -0.15) is 0 Å². The van der Waals surface area contributed by atoms with Gasteiger partial charge in [-0.25, -0.2) is 0 Å². The van der Waals surface area contributed by atoms with Crippen molar-refractivity contribution in [2.45, 2.75) is 45.1 Å². The van der Waals surface area contributed by atoms with Crippen LogP contribution in [0, 0.1) is 5.92 Å². The molecule has 3 aromatic rings. The number of carbonyl (C=O) groups is 1. The smallest absolute Gasteiger partial charge is 0.273 e. The van der Waals surface area contributed by atoms with Crippen LogP contribution in [0.1, 0.15) is 49.9 Å². The lowest BCUT2D eigenvalue weighted by molar-refractivity contribution is -0.121. The van der Waals surface area contributed by atoms with Crippen LogP contribution in [0.4, 0.5) is 0 Å². The molecular formula is C26H30N4O4. The third kappa shape index (κ3) is 5.81. The lowest BCUT2D eigenvalue weighted by Crippen LogP contribution is -2.28. The second-order valence-corrected chi connectivity index (χ2v) is 8.62. The van der Waals surface area contributed by atoms with E-state index in [0.29, 0.717) is 35.4 Å². The molecule has 178 valence electrons. The standard InChI is InChI=1S/C26H30N4O4/c1-17(19-9-4-3-5-10-19)27-24(31)14-12-21-26(32)28-25(30-29-21)20-11-13-22(23(15-20)33-2)34-16-18-7-6-8-18/h3-5,9-11,13,15,17-18H,6-8,12,14,16H2,1-2H3,(H,27,31)(H,28,30,32). The maximum Gasteiger partial charge on any atom is 0.273 e. The molecule has 8 heteroatoms. The Kier molecular flexibility index (Phi) is 7.57. The topological polar surface area (TPSA) is 106 Å². The summed E-state index contributed by atoms with van der Waals surface area (Å²) in [6, 6.07) is 15.0. The molecule has 0 saturated heterocycles. The number of ether oxygens (including phenoxy) is 2. The molecule has 1 amide bonds. The molecule has 0 bridgehead atoms. The Labute approximate surface area is 198 Å². The third-order valence-electron chi connectivity index (χ3n) is 6.17. The minimum Gasteiger partial charge on any atom is -0.493 e. The first-order chi connectivity index (χ1) is 16.5. The van der Waals surface area contributed by atoms with Crippen LogP contribution in [0.2, 0.25) is 0 Å². The molecule has 1 aliphatic rings. The van der Waals surface area contributed by atoms with Crippen LogP contribution in [-0.2, 0) is 11.2 Å². The minimum absolute atomic E-state index is 0.115. The molecule has 0 aliphatic heterocycles. The second kappa shape index (κ2) is 11.0. The number of hydrogen-bond acceptors (Lipinski definition) is 6. The van der Waals surface area contributed by atoms with Crippen molar-refractivity contribution in [1.82, 2.24) is 20.5 Å². The summed E-state index contributed by atoms with van der Waals surface area (Å²) in [5, 5.41) is 11.2.